The lowest BCUT2D eigenvalue weighted by Crippen LogP contribution is -1.93. The van der Waals surface area contributed by atoms with Crippen LogP contribution in [0.15, 0.2) is 30.9 Å². The normalized spacial score (nSPS) is 13.2. The van der Waals surface area contributed by atoms with E-state index in [9.17, 15) is 4.79 Å². The number of fused-ring (bicyclic) bond motifs is 1. The van der Waals surface area contributed by atoms with Gasteiger partial charge in [0.1, 0.15) is 5.75 Å². The van der Waals surface area contributed by atoms with Crippen molar-refractivity contribution in [2.24, 2.45) is 0 Å². The van der Waals surface area contributed by atoms with Crippen molar-refractivity contribution in [1.29, 1.82) is 0 Å². The quantitative estimate of drug-likeness (QED) is 0.506. The van der Waals surface area contributed by atoms with Crippen LogP contribution in [-0.2, 0) is 6.42 Å². The molecule has 66 valence electrons. The largest absolute Gasteiger partial charge is 0.493 e. The van der Waals surface area contributed by atoms with Crippen molar-refractivity contribution in [2.75, 3.05) is 6.61 Å². The lowest BCUT2D eigenvalue weighted by atomic mass is 10.1. The molecule has 0 aromatic heterocycles. The molecule has 1 aromatic carbocycles. The second kappa shape index (κ2) is 3.05. The van der Waals surface area contributed by atoms with E-state index in [1.807, 2.05) is 12.1 Å². The maximum Gasteiger partial charge on any atom is 0.185 e. The molecule has 0 bridgehead atoms. The Hall–Kier alpha value is -1.57. The number of benzene rings is 1. The molecule has 0 N–H and O–H groups in total. The molecule has 0 aliphatic carbocycles. The number of hydrogen-bond acceptors (Lipinski definition) is 2. The molecule has 1 heterocycles. The van der Waals surface area contributed by atoms with Crippen LogP contribution < -0.4 is 4.74 Å². The van der Waals surface area contributed by atoms with Gasteiger partial charge in [-0.05, 0) is 29.8 Å². The summed E-state index contributed by atoms with van der Waals surface area (Å²) in [5, 5.41) is 0. The average Bonchev–Trinajstić information content (AvgIpc) is 2.63. The molecule has 1 aromatic rings. The summed E-state index contributed by atoms with van der Waals surface area (Å²) in [7, 11) is 0. The van der Waals surface area contributed by atoms with Crippen LogP contribution in [-0.4, -0.2) is 12.4 Å². The number of allylic oxidation sites excluding steroid dienone is 1. The molecule has 2 rings (SSSR count). The SMILES string of the molecule is C=CC(=O)c1ccc2c(c1)CCO2. The molecule has 0 fully saturated rings. The first kappa shape index (κ1) is 8.05. The minimum absolute atomic E-state index is 0.0327. The smallest absolute Gasteiger partial charge is 0.185 e. The number of rotatable bonds is 2. The van der Waals surface area contributed by atoms with Gasteiger partial charge in [0.25, 0.3) is 0 Å². The molecule has 2 nitrogen and oxygen atoms in total. The van der Waals surface area contributed by atoms with Crippen LogP contribution in [0, 0.1) is 0 Å². The summed E-state index contributed by atoms with van der Waals surface area (Å²) in [6.07, 6.45) is 2.23. The Labute approximate surface area is 76.8 Å². The van der Waals surface area contributed by atoms with Gasteiger partial charge in [-0.2, -0.15) is 0 Å². The molecular weight excluding hydrogens is 164 g/mol. The highest BCUT2D eigenvalue weighted by Gasteiger charge is 2.13. The first-order valence-electron chi connectivity index (χ1n) is 4.24. The van der Waals surface area contributed by atoms with Crippen LogP contribution in [0.25, 0.3) is 0 Å². The highest BCUT2D eigenvalue weighted by atomic mass is 16.5. The number of carbonyl (C=O) groups excluding carboxylic acids is 1. The van der Waals surface area contributed by atoms with Gasteiger partial charge in [-0.15, -0.1) is 0 Å². The summed E-state index contributed by atoms with van der Waals surface area (Å²) in [5.74, 6) is 0.871. The summed E-state index contributed by atoms with van der Waals surface area (Å²) in [4.78, 5) is 11.3. The summed E-state index contributed by atoms with van der Waals surface area (Å²) in [6, 6.07) is 5.50. The molecule has 0 radical (unpaired) electrons. The first-order valence-corrected chi connectivity index (χ1v) is 4.24. The van der Waals surface area contributed by atoms with Crippen molar-refractivity contribution in [3.63, 3.8) is 0 Å². The molecule has 0 atom stereocenters. The third-order valence-corrected chi connectivity index (χ3v) is 2.16. The minimum Gasteiger partial charge on any atom is -0.493 e. The maximum absolute atomic E-state index is 11.3. The van der Waals surface area contributed by atoms with Crippen molar-refractivity contribution in [3.05, 3.63) is 42.0 Å². The van der Waals surface area contributed by atoms with E-state index in [0.29, 0.717) is 5.56 Å². The lowest BCUT2D eigenvalue weighted by Gasteiger charge is -2.00. The van der Waals surface area contributed by atoms with Crippen molar-refractivity contribution in [3.8, 4) is 5.75 Å². The number of carbonyl (C=O) groups is 1. The predicted molar refractivity (Wildman–Crippen MR) is 50.2 cm³/mol. The Balaban J connectivity index is 2.41. The van der Waals surface area contributed by atoms with Crippen LogP contribution in [0.1, 0.15) is 15.9 Å². The Morgan fingerprint density at radius 3 is 3.15 bits per heavy atom. The van der Waals surface area contributed by atoms with Crippen LogP contribution >= 0.6 is 0 Å². The van der Waals surface area contributed by atoms with E-state index >= 15 is 0 Å². The third kappa shape index (κ3) is 1.35. The molecular formula is C11H10O2. The van der Waals surface area contributed by atoms with Crippen molar-refractivity contribution >= 4 is 5.78 Å². The van der Waals surface area contributed by atoms with Gasteiger partial charge < -0.3 is 4.74 Å². The fourth-order valence-corrected chi connectivity index (χ4v) is 1.46. The Morgan fingerprint density at radius 1 is 1.54 bits per heavy atom. The molecule has 0 saturated carbocycles. The minimum atomic E-state index is -0.0327. The average molecular weight is 174 g/mol. The Morgan fingerprint density at radius 2 is 2.38 bits per heavy atom. The van der Waals surface area contributed by atoms with Gasteiger partial charge in [0, 0.05) is 12.0 Å². The Bertz CT molecular complexity index is 366. The van der Waals surface area contributed by atoms with Crippen LogP contribution in [0.2, 0.25) is 0 Å². The predicted octanol–water partition coefficient (Wildman–Crippen LogP) is 1.99. The first-order chi connectivity index (χ1) is 6.31. The van der Waals surface area contributed by atoms with Gasteiger partial charge in [0.2, 0.25) is 0 Å². The van der Waals surface area contributed by atoms with Gasteiger partial charge in [0.15, 0.2) is 5.78 Å². The van der Waals surface area contributed by atoms with E-state index in [-0.39, 0.29) is 5.78 Å². The zero-order chi connectivity index (χ0) is 9.26. The second-order valence-corrected chi connectivity index (χ2v) is 2.99. The summed E-state index contributed by atoms with van der Waals surface area (Å²) in [6.45, 7) is 4.17. The molecule has 1 aliphatic rings. The molecule has 1 aliphatic heterocycles. The van der Waals surface area contributed by atoms with Crippen molar-refractivity contribution < 1.29 is 9.53 Å². The van der Waals surface area contributed by atoms with Gasteiger partial charge in [-0.3, -0.25) is 4.79 Å². The molecule has 0 amide bonds. The summed E-state index contributed by atoms with van der Waals surface area (Å²) in [5.41, 5.74) is 1.81. The van der Waals surface area contributed by atoms with Gasteiger partial charge >= 0.3 is 0 Å². The zero-order valence-electron chi connectivity index (χ0n) is 7.25. The summed E-state index contributed by atoms with van der Waals surface area (Å²) >= 11 is 0. The van der Waals surface area contributed by atoms with Crippen LogP contribution in [0.3, 0.4) is 0 Å². The van der Waals surface area contributed by atoms with Crippen LogP contribution in [0.4, 0.5) is 0 Å². The highest BCUT2D eigenvalue weighted by molar-refractivity contribution is 6.04. The topological polar surface area (TPSA) is 26.3 Å². The standard InChI is InChI=1S/C11H10O2/c1-2-10(12)8-3-4-11-9(7-8)5-6-13-11/h2-4,7H,1,5-6H2. The van der Waals surface area contributed by atoms with Gasteiger partial charge in [-0.1, -0.05) is 6.58 Å². The second-order valence-electron chi connectivity index (χ2n) is 2.99. The molecule has 0 spiro atoms. The maximum atomic E-state index is 11.3. The van der Waals surface area contributed by atoms with E-state index in [1.165, 1.54) is 6.08 Å². The van der Waals surface area contributed by atoms with E-state index in [4.69, 9.17) is 4.74 Å². The van der Waals surface area contributed by atoms with E-state index in [0.717, 1.165) is 24.3 Å². The zero-order valence-corrected chi connectivity index (χ0v) is 7.25. The number of hydrogen-bond donors (Lipinski definition) is 0. The van der Waals surface area contributed by atoms with Gasteiger partial charge in [0.05, 0.1) is 6.61 Å². The van der Waals surface area contributed by atoms with Crippen molar-refractivity contribution in [1.82, 2.24) is 0 Å². The number of ether oxygens (including phenoxy) is 1. The Kier molecular flexibility index (Phi) is 1.89. The molecule has 0 saturated heterocycles. The van der Waals surface area contributed by atoms with Crippen LogP contribution in [0.5, 0.6) is 5.75 Å². The molecule has 0 unspecified atom stereocenters. The third-order valence-electron chi connectivity index (χ3n) is 2.16. The van der Waals surface area contributed by atoms with Gasteiger partial charge in [-0.25, -0.2) is 0 Å². The fraction of sp³-hybridized carbons (Fsp3) is 0.182. The monoisotopic (exact) mass is 174 g/mol. The lowest BCUT2D eigenvalue weighted by molar-refractivity contribution is 0.104. The molecule has 2 heteroatoms. The van der Waals surface area contributed by atoms with E-state index in [1.54, 1.807) is 6.07 Å². The van der Waals surface area contributed by atoms with E-state index < -0.39 is 0 Å². The molecule has 13 heavy (non-hydrogen) atoms. The number of ketones is 1. The summed E-state index contributed by atoms with van der Waals surface area (Å²) < 4.78 is 5.33. The highest BCUT2D eigenvalue weighted by Crippen LogP contribution is 2.25. The fourth-order valence-electron chi connectivity index (χ4n) is 1.46. The van der Waals surface area contributed by atoms with Crippen molar-refractivity contribution in [2.45, 2.75) is 6.42 Å². The van der Waals surface area contributed by atoms with E-state index in [2.05, 4.69) is 6.58 Å².